The van der Waals surface area contributed by atoms with Crippen LogP contribution in [0.2, 0.25) is 5.02 Å². The van der Waals surface area contributed by atoms with Crippen molar-refractivity contribution in [3.63, 3.8) is 0 Å². The standard InChI is InChI=1S/C31H37ClN6O/c1-21-7-8-23(20-26(21)34-27(39)6-5-15-36(2)3)28-29-25(32)13-14-33-31(29)35-30(28)22-9-11-24(12-10-22)38-18-16-37(4)17-19-38/h5-14,20,27,34,39H,15-19H2,1-4H3,(H,33,35)/b6-5+. The number of benzene rings is 2. The number of pyridine rings is 1. The fourth-order valence-corrected chi connectivity index (χ4v) is 5.27. The number of aryl methyl sites for hydroxylation is 1. The summed E-state index contributed by atoms with van der Waals surface area (Å²) in [5.74, 6) is 0. The zero-order valence-electron chi connectivity index (χ0n) is 23.1. The topological polar surface area (TPSA) is 70.7 Å². The Kier molecular flexibility index (Phi) is 8.23. The fourth-order valence-electron chi connectivity index (χ4n) is 5.03. The molecule has 2 aromatic carbocycles. The number of aromatic nitrogens is 2. The van der Waals surface area contributed by atoms with Gasteiger partial charge < -0.3 is 30.1 Å². The molecule has 0 amide bonds. The number of rotatable bonds is 8. The molecule has 0 radical (unpaired) electrons. The van der Waals surface area contributed by atoms with Gasteiger partial charge >= 0.3 is 0 Å². The summed E-state index contributed by atoms with van der Waals surface area (Å²) >= 11 is 6.75. The summed E-state index contributed by atoms with van der Waals surface area (Å²) in [5.41, 5.74) is 7.91. The van der Waals surface area contributed by atoms with Crippen molar-refractivity contribution in [2.24, 2.45) is 0 Å². The van der Waals surface area contributed by atoms with E-state index in [1.165, 1.54) is 5.69 Å². The van der Waals surface area contributed by atoms with Crippen LogP contribution in [0.3, 0.4) is 0 Å². The number of aliphatic hydroxyl groups excluding tert-OH is 1. The van der Waals surface area contributed by atoms with E-state index >= 15 is 0 Å². The maximum Gasteiger partial charge on any atom is 0.143 e. The second-order valence-electron chi connectivity index (χ2n) is 10.5. The Hall–Kier alpha value is -3.36. The molecule has 3 heterocycles. The van der Waals surface area contributed by atoms with E-state index in [-0.39, 0.29) is 0 Å². The molecule has 5 rings (SSSR count). The SMILES string of the molecule is Cc1ccc(-c2c(-c3ccc(N4CCN(C)CC4)cc3)[nH]c3nccc(Cl)c23)cc1NC(O)/C=C/CN(C)C. The number of fused-ring (bicyclic) bond motifs is 1. The summed E-state index contributed by atoms with van der Waals surface area (Å²) in [4.78, 5) is 15.0. The predicted octanol–water partition coefficient (Wildman–Crippen LogP) is 5.46. The molecule has 1 saturated heterocycles. The van der Waals surface area contributed by atoms with Crippen molar-refractivity contribution in [2.75, 3.05) is 64.1 Å². The minimum atomic E-state index is -0.797. The summed E-state index contributed by atoms with van der Waals surface area (Å²) in [7, 11) is 6.17. The molecular weight excluding hydrogens is 508 g/mol. The number of hydrogen-bond acceptors (Lipinski definition) is 6. The number of nitrogens with one attached hydrogen (secondary N) is 2. The van der Waals surface area contributed by atoms with E-state index in [0.29, 0.717) is 5.02 Å². The molecule has 39 heavy (non-hydrogen) atoms. The number of hydrogen-bond donors (Lipinski definition) is 3. The predicted molar refractivity (Wildman–Crippen MR) is 164 cm³/mol. The fraction of sp³-hybridized carbons (Fsp3) is 0.323. The van der Waals surface area contributed by atoms with Crippen LogP contribution in [0.4, 0.5) is 11.4 Å². The zero-order valence-corrected chi connectivity index (χ0v) is 23.8. The molecule has 7 nitrogen and oxygen atoms in total. The van der Waals surface area contributed by atoms with Crippen molar-refractivity contribution in [1.82, 2.24) is 19.8 Å². The van der Waals surface area contributed by atoms with Gasteiger partial charge in [0.25, 0.3) is 0 Å². The van der Waals surface area contributed by atoms with Crippen LogP contribution in [0.25, 0.3) is 33.4 Å². The molecule has 4 aromatic rings. The average Bonchev–Trinajstić information content (AvgIpc) is 3.31. The molecule has 1 unspecified atom stereocenters. The minimum absolute atomic E-state index is 0.647. The van der Waals surface area contributed by atoms with Gasteiger partial charge in [-0.1, -0.05) is 41.9 Å². The smallest absolute Gasteiger partial charge is 0.143 e. The lowest BCUT2D eigenvalue weighted by atomic mass is 9.97. The van der Waals surface area contributed by atoms with E-state index in [0.717, 1.165) is 77.4 Å². The second kappa shape index (κ2) is 11.8. The van der Waals surface area contributed by atoms with Gasteiger partial charge in [0.15, 0.2) is 0 Å². The van der Waals surface area contributed by atoms with Crippen molar-refractivity contribution in [1.29, 1.82) is 0 Å². The van der Waals surface area contributed by atoms with E-state index in [9.17, 15) is 5.11 Å². The molecule has 204 valence electrons. The highest BCUT2D eigenvalue weighted by Crippen LogP contribution is 2.42. The summed E-state index contributed by atoms with van der Waals surface area (Å²) in [5, 5.41) is 15.4. The Bertz CT molecular complexity index is 1450. The van der Waals surface area contributed by atoms with Crippen molar-refractivity contribution in [3.05, 3.63) is 77.5 Å². The lowest BCUT2D eigenvalue weighted by molar-refractivity contribution is 0.251. The number of halogens is 1. The number of aliphatic hydroxyl groups is 1. The van der Waals surface area contributed by atoms with Gasteiger partial charge in [-0.15, -0.1) is 0 Å². The Balaban J connectivity index is 1.52. The molecule has 3 N–H and O–H groups in total. The van der Waals surface area contributed by atoms with Gasteiger partial charge in [0, 0.05) is 61.2 Å². The highest BCUT2D eigenvalue weighted by molar-refractivity contribution is 6.36. The van der Waals surface area contributed by atoms with Gasteiger partial charge in [-0.05, 0) is 75.1 Å². The highest BCUT2D eigenvalue weighted by atomic mass is 35.5. The maximum atomic E-state index is 10.6. The number of anilines is 2. The molecule has 2 aromatic heterocycles. The van der Waals surface area contributed by atoms with Crippen LogP contribution >= 0.6 is 11.6 Å². The third kappa shape index (κ3) is 6.12. The molecule has 8 heteroatoms. The molecule has 0 aliphatic carbocycles. The van der Waals surface area contributed by atoms with E-state index < -0.39 is 6.23 Å². The molecular formula is C31H37ClN6O. The quantitative estimate of drug-likeness (QED) is 0.202. The van der Waals surface area contributed by atoms with E-state index in [4.69, 9.17) is 11.6 Å². The summed E-state index contributed by atoms with van der Waals surface area (Å²) in [6.45, 7) is 6.99. The van der Waals surface area contributed by atoms with Gasteiger partial charge in [-0.3, -0.25) is 0 Å². The van der Waals surface area contributed by atoms with Crippen molar-refractivity contribution in [3.8, 4) is 22.4 Å². The molecule has 1 fully saturated rings. The number of nitrogens with zero attached hydrogens (tertiary/aromatic N) is 4. The van der Waals surface area contributed by atoms with Crippen LogP contribution in [-0.4, -0.2) is 85.0 Å². The van der Waals surface area contributed by atoms with Crippen molar-refractivity contribution < 1.29 is 5.11 Å². The Morgan fingerprint density at radius 1 is 1.08 bits per heavy atom. The number of aromatic amines is 1. The van der Waals surface area contributed by atoms with E-state index in [1.807, 2.05) is 38.1 Å². The normalized spacial score (nSPS) is 15.5. The number of likely N-dealkylation sites (N-methyl/N-ethyl adjacent to an activating group) is 2. The Morgan fingerprint density at radius 2 is 1.79 bits per heavy atom. The van der Waals surface area contributed by atoms with Crippen LogP contribution < -0.4 is 10.2 Å². The van der Waals surface area contributed by atoms with Gasteiger partial charge in [0.05, 0.1) is 10.7 Å². The van der Waals surface area contributed by atoms with E-state index in [1.54, 1.807) is 12.3 Å². The van der Waals surface area contributed by atoms with Gasteiger partial charge in [0.1, 0.15) is 11.9 Å². The maximum absolute atomic E-state index is 10.6. The Labute approximate surface area is 235 Å². The third-order valence-electron chi connectivity index (χ3n) is 7.29. The van der Waals surface area contributed by atoms with Crippen LogP contribution in [-0.2, 0) is 0 Å². The number of piperazine rings is 1. The van der Waals surface area contributed by atoms with Gasteiger partial charge in [0.2, 0.25) is 0 Å². The third-order valence-corrected chi connectivity index (χ3v) is 7.60. The Morgan fingerprint density at radius 3 is 2.51 bits per heavy atom. The first kappa shape index (κ1) is 27.2. The number of H-pyrrole nitrogens is 1. The van der Waals surface area contributed by atoms with Crippen molar-refractivity contribution >= 4 is 34.0 Å². The summed E-state index contributed by atoms with van der Waals surface area (Å²) in [6, 6.07) is 16.8. The lowest BCUT2D eigenvalue weighted by Crippen LogP contribution is -2.44. The van der Waals surface area contributed by atoms with E-state index in [2.05, 4.69) is 74.6 Å². The van der Waals surface area contributed by atoms with Gasteiger partial charge in [-0.2, -0.15) is 0 Å². The monoisotopic (exact) mass is 544 g/mol. The zero-order chi connectivity index (χ0) is 27.5. The molecule has 1 atom stereocenters. The molecule has 0 spiro atoms. The molecule has 0 saturated carbocycles. The summed E-state index contributed by atoms with van der Waals surface area (Å²) < 4.78 is 0. The first-order valence-corrected chi connectivity index (χ1v) is 13.7. The van der Waals surface area contributed by atoms with Crippen LogP contribution in [0.5, 0.6) is 0 Å². The first-order valence-electron chi connectivity index (χ1n) is 13.4. The van der Waals surface area contributed by atoms with Crippen LogP contribution in [0.15, 0.2) is 66.9 Å². The highest BCUT2D eigenvalue weighted by Gasteiger charge is 2.20. The van der Waals surface area contributed by atoms with Crippen LogP contribution in [0, 0.1) is 6.92 Å². The summed E-state index contributed by atoms with van der Waals surface area (Å²) in [6.07, 6.45) is 4.65. The lowest BCUT2D eigenvalue weighted by Gasteiger charge is -2.34. The largest absolute Gasteiger partial charge is 0.370 e. The average molecular weight is 545 g/mol. The second-order valence-corrected chi connectivity index (χ2v) is 10.9. The minimum Gasteiger partial charge on any atom is -0.370 e. The molecule has 0 bridgehead atoms. The van der Waals surface area contributed by atoms with Crippen molar-refractivity contribution in [2.45, 2.75) is 13.2 Å². The molecule has 1 aliphatic rings. The first-order chi connectivity index (χ1) is 18.8. The van der Waals surface area contributed by atoms with Crippen LogP contribution in [0.1, 0.15) is 5.56 Å². The van der Waals surface area contributed by atoms with Gasteiger partial charge in [-0.25, -0.2) is 4.98 Å². The molecule has 1 aliphatic heterocycles.